The molecule has 0 spiro atoms. The van der Waals surface area contributed by atoms with Crippen LogP contribution in [0.15, 0.2) is 180 Å². The van der Waals surface area contributed by atoms with Gasteiger partial charge < -0.3 is 19.9 Å². The molecule has 0 radical (unpaired) electrons. The van der Waals surface area contributed by atoms with E-state index in [4.69, 9.17) is 9.73 Å². The number of fused-ring (bicyclic) bond motifs is 7. The van der Waals surface area contributed by atoms with Crippen LogP contribution < -0.4 is 20.3 Å². The highest BCUT2D eigenvalue weighted by Crippen LogP contribution is 2.58. The van der Waals surface area contributed by atoms with Gasteiger partial charge in [-0.25, -0.2) is 4.99 Å². The van der Waals surface area contributed by atoms with Crippen molar-refractivity contribution in [2.45, 2.75) is 107 Å². The van der Waals surface area contributed by atoms with Crippen molar-refractivity contribution in [2.75, 3.05) is 4.90 Å². The van der Waals surface area contributed by atoms with Crippen molar-refractivity contribution in [2.24, 2.45) is 22.7 Å². The van der Waals surface area contributed by atoms with Crippen LogP contribution in [-0.4, -0.2) is 29.1 Å². The first-order valence-corrected chi connectivity index (χ1v) is 25.5. The third kappa shape index (κ3) is 7.31. The first-order valence-electron chi connectivity index (χ1n) is 25.5. The summed E-state index contributed by atoms with van der Waals surface area (Å²) in [6, 6.07) is 18.1. The van der Waals surface area contributed by atoms with Crippen molar-refractivity contribution in [3.63, 3.8) is 0 Å². The fourth-order valence-electron chi connectivity index (χ4n) is 13.0. The molecule has 0 bridgehead atoms. The van der Waals surface area contributed by atoms with Gasteiger partial charge in [-0.15, -0.1) is 0 Å². The van der Waals surface area contributed by atoms with Crippen LogP contribution in [0, 0.1) is 17.8 Å². The molecule has 0 saturated heterocycles. The first-order chi connectivity index (χ1) is 33.2. The molecule has 1 saturated carbocycles. The largest absolute Gasteiger partial charge is 0.482 e. The molecule has 7 atom stereocenters. The van der Waals surface area contributed by atoms with Crippen LogP contribution in [0.1, 0.15) is 123 Å². The predicted octanol–water partition coefficient (Wildman–Crippen LogP) is 13.6. The maximum atomic E-state index is 7.53. The van der Waals surface area contributed by atoms with E-state index < -0.39 is 0 Å². The molecule has 7 unspecified atom stereocenters. The lowest BCUT2D eigenvalue weighted by atomic mass is 9.68. The van der Waals surface area contributed by atoms with E-state index in [0.717, 1.165) is 79.0 Å². The summed E-state index contributed by atoms with van der Waals surface area (Å²) >= 11 is 0. The van der Waals surface area contributed by atoms with Gasteiger partial charge in [0.1, 0.15) is 30.0 Å². The van der Waals surface area contributed by atoms with E-state index in [9.17, 15) is 0 Å². The van der Waals surface area contributed by atoms with Gasteiger partial charge in [-0.05, 0) is 98.5 Å². The second-order valence-electron chi connectivity index (χ2n) is 20.2. The summed E-state index contributed by atoms with van der Waals surface area (Å²) in [6.45, 7) is 0. The van der Waals surface area contributed by atoms with Crippen LogP contribution in [0.5, 0.6) is 5.75 Å². The smallest absolute Gasteiger partial charge is 0.148 e. The molecule has 2 aromatic carbocycles. The van der Waals surface area contributed by atoms with Crippen molar-refractivity contribution in [3.8, 4) is 5.75 Å². The van der Waals surface area contributed by atoms with Crippen LogP contribution in [0.4, 0.5) is 5.69 Å². The Morgan fingerprint density at radius 1 is 0.701 bits per heavy atom. The maximum absolute atomic E-state index is 7.53. The average molecular weight is 880 g/mol. The van der Waals surface area contributed by atoms with Gasteiger partial charge in [-0.1, -0.05) is 171 Å². The topological polar surface area (TPSA) is 64.7 Å². The van der Waals surface area contributed by atoms with Gasteiger partial charge in [0.05, 0.1) is 17.4 Å². The number of hydrogen-bond acceptors (Lipinski definition) is 5. The number of allylic oxidation sites excluding steroid dienone is 19. The molecule has 7 aliphatic carbocycles. The van der Waals surface area contributed by atoms with E-state index in [0.29, 0.717) is 17.8 Å². The highest BCUT2D eigenvalue weighted by Gasteiger charge is 2.46. The summed E-state index contributed by atoms with van der Waals surface area (Å²) in [5.74, 6) is 3.65. The van der Waals surface area contributed by atoms with E-state index >= 15 is 0 Å². The summed E-state index contributed by atoms with van der Waals surface area (Å²) in [6.07, 6.45) is 55.6. The van der Waals surface area contributed by atoms with Gasteiger partial charge >= 0.3 is 0 Å². The summed E-state index contributed by atoms with van der Waals surface area (Å²) in [7, 11) is 0. The number of aliphatic imine (C=N–C) groups is 1. The number of aromatic nitrogens is 1. The fourth-order valence-corrected chi connectivity index (χ4v) is 13.0. The summed E-state index contributed by atoms with van der Waals surface area (Å²) in [5, 5.41) is 7.87. The number of nitrogens with zero attached hydrogens (tertiary/aromatic N) is 2. The molecule has 1 aromatic heterocycles. The van der Waals surface area contributed by atoms with Crippen molar-refractivity contribution < 1.29 is 4.74 Å². The van der Waals surface area contributed by atoms with Gasteiger partial charge in [-0.2, -0.15) is 0 Å². The molecule has 4 heterocycles. The zero-order valence-electron chi connectivity index (χ0n) is 38.4. The number of ether oxygens (including phenoxy) is 1. The Labute approximate surface area is 396 Å². The third-order valence-electron chi connectivity index (χ3n) is 16.3. The number of anilines is 1. The maximum Gasteiger partial charge on any atom is 0.148 e. The zero-order chi connectivity index (χ0) is 44.3. The second kappa shape index (κ2) is 17.4. The number of aromatic amines is 1. The van der Waals surface area contributed by atoms with Crippen LogP contribution in [0.3, 0.4) is 0 Å². The average Bonchev–Trinajstić information content (AvgIpc) is 4.13. The van der Waals surface area contributed by atoms with Gasteiger partial charge in [0.15, 0.2) is 0 Å². The highest BCUT2D eigenvalue weighted by molar-refractivity contribution is 6.00. The molecule has 67 heavy (non-hydrogen) atoms. The molecule has 3 aliphatic heterocycles. The van der Waals surface area contributed by atoms with Crippen LogP contribution in [0.25, 0.3) is 16.7 Å². The number of H-pyrrole nitrogens is 1. The number of amidine groups is 1. The van der Waals surface area contributed by atoms with Crippen molar-refractivity contribution in [1.29, 1.82) is 0 Å². The summed E-state index contributed by atoms with van der Waals surface area (Å²) in [4.78, 5) is 12.4. The molecule has 1 fully saturated rings. The molecule has 3 aromatic rings. The normalized spacial score (nSPS) is 29.3. The Morgan fingerprint density at radius 3 is 2.30 bits per heavy atom. The van der Waals surface area contributed by atoms with Gasteiger partial charge in [0.25, 0.3) is 0 Å². The molecule has 6 heteroatoms. The number of nitrogens with one attached hydrogen (secondary N) is 3. The molecule has 13 rings (SSSR count). The van der Waals surface area contributed by atoms with Crippen LogP contribution in [-0.2, 0) is 0 Å². The lowest BCUT2D eigenvalue weighted by molar-refractivity contribution is 0.255. The fraction of sp³-hybridized carbons (Fsp3) is 0.328. The number of hydrogen-bond donors (Lipinski definition) is 3. The molecule has 10 aliphatic rings. The van der Waals surface area contributed by atoms with E-state index in [1.807, 2.05) is 0 Å². The minimum atomic E-state index is -0.315. The van der Waals surface area contributed by atoms with Crippen molar-refractivity contribution >= 4 is 28.2 Å². The Hall–Kier alpha value is -6.37. The Balaban J connectivity index is 0.935. The molecule has 0 amide bonds. The lowest BCUT2D eigenvalue weighted by Crippen LogP contribution is -2.52. The van der Waals surface area contributed by atoms with E-state index in [1.54, 1.807) is 5.57 Å². The Morgan fingerprint density at radius 2 is 1.49 bits per heavy atom. The zero-order valence-corrected chi connectivity index (χ0v) is 38.4. The lowest BCUT2D eigenvalue weighted by Gasteiger charge is -2.37. The monoisotopic (exact) mass is 879 g/mol. The van der Waals surface area contributed by atoms with Gasteiger partial charge in [0, 0.05) is 51.1 Å². The first kappa shape index (κ1) is 40.9. The second-order valence-corrected chi connectivity index (χ2v) is 20.2. The Kier molecular flexibility index (Phi) is 10.6. The van der Waals surface area contributed by atoms with Crippen LogP contribution in [0.2, 0.25) is 0 Å². The van der Waals surface area contributed by atoms with E-state index in [2.05, 4.69) is 178 Å². The molecular formula is C61H61N5O. The van der Waals surface area contributed by atoms with Gasteiger partial charge in [-0.3, -0.25) is 5.32 Å². The van der Waals surface area contributed by atoms with Crippen LogP contribution >= 0.6 is 0 Å². The van der Waals surface area contributed by atoms with Gasteiger partial charge in [0.2, 0.25) is 0 Å². The quantitative estimate of drug-likeness (QED) is 0.211. The Bertz CT molecular complexity index is 2890. The molecule has 3 N–H and O–H groups in total. The standard InChI is InChI=1S/C61H61N5O/c1-6-19-39(20-7-1)45-34-33-43(37-51(45)40-21-8-2-9-22-40)53-38-52(61-64-59(41-23-10-3-11-24-41)63-60(65-61)42-25-12-4-13-26-42)55(62-53)50-31-18-30-48-49-36-35-47-46-29-16-17-32-54(46)66(44-27-14-5-15-28-44)56(47)58(49)67-57(48)50/h1,3-6,10-12,14,16-19,23-25,27,29-31,33-38,40,45,48,51,54,57,60-62,65H,2,7-9,13,15,20-22,26,28,32H2,(H,63,64). The SMILES string of the molecule is C1=CCCC(C2NC(c3ccccc3)=NC(c3cc(C4=CC(C5CCCCC5)C(C5=CC=CCC5)C=C4)[nH]c3C3=CC=CC4c5ccc6c(c5OC34)N(C3=CC=CCC3)C3CC=CC=C63)N2)=C1. The summed E-state index contributed by atoms with van der Waals surface area (Å²) < 4.78 is 7.53. The molecule has 336 valence electrons. The number of rotatable bonds is 8. The van der Waals surface area contributed by atoms with Crippen molar-refractivity contribution in [1.82, 2.24) is 15.6 Å². The van der Waals surface area contributed by atoms with E-state index in [-0.39, 0.29) is 30.4 Å². The predicted molar refractivity (Wildman–Crippen MR) is 275 cm³/mol. The number of benzene rings is 2. The molecule has 6 nitrogen and oxygen atoms in total. The van der Waals surface area contributed by atoms with E-state index in [1.165, 1.54) is 76.9 Å². The minimum absolute atomic E-state index is 0.0679. The minimum Gasteiger partial charge on any atom is -0.482 e. The summed E-state index contributed by atoms with van der Waals surface area (Å²) in [5.41, 5.74) is 16.5. The van der Waals surface area contributed by atoms with Crippen molar-refractivity contribution in [3.05, 3.63) is 208 Å². The molecular weight excluding hydrogens is 819 g/mol. The third-order valence-corrected chi connectivity index (χ3v) is 16.3. The highest BCUT2D eigenvalue weighted by atomic mass is 16.5.